The third-order valence-corrected chi connectivity index (χ3v) is 4.87. The van der Waals surface area contributed by atoms with Gasteiger partial charge in [-0.25, -0.2) is 0 Å². The fourth-order valence-corrected chi connectivity index (χ4v) is 3.33. The zero-order chi connectivity index (χ0) is 18.7. The molecule has 26 heavy (non-hydrogen) atoms. The zero-order valence-corrected chi connectivity index (χ0v) is 16.1. The number of hydrogen-bond acceptors (Lipinski definition) is 3. The molecule has 4 nitrogen and oxygen atoms in total. The van der Waals surface area contributed by atoms with Gasteiger partial charge < -0.3 is 15.4 Å². The van der Waals surface area contributed by atoms with Crippen LogP contribution in [0.15, 0.2) is 36.4 Å². The van der Waals surface area contributed by atoms with E-state index in [0.29, 0.717) is 5.92 Å². The quantitative estimate of drug-likeness (QED) is 0.849. The van der Waals surface area contributed by atoms with Crippen molar-refractivity contribution in [2.45, 2.75) is 52.7 Å². The first kappa shape index (κ1) is 18.5. The summed E-state index contributed by atoms with van der Waals surface area (Å²) in [5.74, 6) is 1.01. The van der Waals surface area contributed by atoms with Crippen LogP contribution in [0.2, 0.25) is 0 Å². The van der Waals surface area contributed by atoms with Gasteiger partial charge in [0.05, 0.1) is 0 Å². The molecule has 2 aromatic rings. The molecule has 0 aromatic heterocycles. The van der Waals surface area contributed by atoms with Crippen LogP contribution in [-0.2, 0) is 17.8 Å². The summed E-state index contributed by atoms with van der Waals surface area (Å²) in [5, 5.41) is 6.42. The van der Waals surface area contributed by atoms with Gasteiger partial charge in [0.25, 0.3) is 5.91 Å². The molecule has 0 fully saturated rings. The van der Waals surface area contributed by atoms with Crippen molar-refractivity contribution in [2.24, 2.45) is 0 Å². The second-order valence-electron chi connectivity index (χ2n) is 7.32. The van der Waals surface area contributed by atoms with E-state index in [1.165, 1.54) is 11.1 Å². The number of benzene rings is 2. The molecule has 0 aliphatic carbocycles. The van der Waals surface area contributed by atoms with Crippen molar-refractivity contribution in [2.75, 3.05) is 11.9 Å². The lowest BCUT2D eigenvalue weighted by molar-refractivity contribution is -0.122. The molecule has 2 N–H and O–H groups in total. The smallest absolute Gasteiger partial charge is 0.265 e. The maximum atomic E-state index is 12.7. The number of hydrogen-bond donors (Lipinski definition) is 2. The lowest BCUT2D eigenvalue weighted by Crippen LogP contribution is -2.32. The predicted octanol–water partition coefficient (Wildman–Crippen LogP) is 4.17. The molecule has 1 heterocycles. The minimum atomic E-state index is -0.568. The Morgan fingerprint density at radius 3 is 2.77 bits per heavy atom. The molecule has 1 atom stereocenters. The van der Waals surface area contributed by atoms with Gasteiger partial charge in [-0.05, 0) is 67.1 Å². The number of carbonyl (C=O) groups excluding carboxylic acids is 1. The second kappa shape index (κ2) is 7.92. The van der Waals surface area contributed by atoms with Gasteiger partial charge in [0.15, 0.2) is 6.10 Å². The van der Waals surface area contributed by atoms with Crippen molar-refractivity contribution < 1.29 is 9.53 Å². The monoisotopic (exact) mass is 352 g/mol. The molecule has 2 aromatic carbocycles. The SMILES string of the molecule is Cc1ccc(C(C)C)c(OC(C)C(=O)Nc2cccc3c2CNCC3)c1. The van der Waals surface area contributed by atoms with Crippen LogP contribution in [0.3, 0.4) is 0 Å². The largest absolute Gasteiger partial charge is 0.481 e. The first-order chi connectivity index (χ1) is 12.5. The van der Waals surface area contributed by atoms with Crippen molar-refractivity contribution in [1.82, 2.24) is 5.32 Å². The lowest BCUT2D eigenvalue weighted by atomic mass is 9.99. The Kier molecular flexibility index (Phi) is 5.62. The predicted molar refractivity (Wildman–Crippen MR) is 106 cm³/mol. The van der Waals surface area contributed by atoms with Crippen LogP contribution in [0.1, 0.15) is 48.9 Å². The molecule has 138 valence electrons. The van der Waals surface area contributed by atoms with E-state index in [9.17, 15) is 4.79 Å². The Bertz CT molecular complexity index is 799. The normalized spacial score (nSPS) is 14.7. The summed E-state index contributed by atoms with van der Waals surface area (Å²) in [6, 6.07) is 12.3. The van der Waals surface area contributed by atoms with Crippen molar-refractivity contribution in [3.8, 4) is 5.75 Å². The maximum absolute atomic E-state index is 12.7. The summed E-state index contributed by atoms with van der Waals surface area (Å²) in [5.41, 5.74) is 5.61. The summed E-state index contributed by atoms with van der Waals surface area (Å²) >= 11 is 0. The Labute approximate surface area is 156 Å². The van der Waals surface area contributed by atoms with Gasteiger partial charge in [-0.1, -0.05) is 38.1 Å². The van der Waals surface area contributed by atoms with E-state index in [1.807, 2.05) is 25.1 Å². The Morgan fingerprint density at radius 1 is 1.19 bits per heavy atom. The average Bonchev–Trinajstić information content (AvgIpc) is 2.61. The highest BCUT2D eigenvalue weighted by Crippen LogP contribution is 2.29. The topological polar surface area (TPSA) is 50.4 Å². The number of aryl methyl sites for hydroxylation is 1. The molecule has 0 saturated heterocycles. The van der Waals surface area contributed by atoms with E-state index in [2.05, 4.69) is 42.7 Å². The van der Waals surface area contributed by atoms with E-state index < -0.39 is 6.10 Å². The van der Waals surface area contributed by atoms with Gasteiger partial charge in [-0.2, -0.15) is 0 Å². The molecule has 0 saturated carbocycles. The van der Waals surface area contributed by atoms with Crippen LogP contribution in [0.5, 0.6) is 5.75 Å². The van der Waals surface area contributed by atoms with Crippen molar-refractivity contribution in [3.63, 3.8) is 0 Å². The van der Waals surface area contributed by atoms with Crippen LogP contribution in [0.4, 0.5) is 5.69 Å². The Morgan fingerprint density at radius 2 is 2.00 bits per heavy atom. The number of carbonyl (C=O) groups is 1. The summed E-state index contributed by atoms with van der Waals surface area (Å²) < 4.78 is 6.04. The minimum Gasteiger partial charge on any atom is -0.481 e. The highest BCUT2D eigenvalue weighted by Gasteiger charge is 2.20. The van der Waals surface area contributed by atoms with Gasteiger partial charge in [0.1, 0.15) is 5.75 Å². The third-order valence-electron chi connectivity index (χ3n) is 4.87. The van der Waals surface area contributed by atoms with E-state index in [4.69, 9.17) is 4.74 Å². The fourth-order valence-electron chi connectivity index (χ4n) is 3.33. The molecular weight excluding hydrogens is 324 g/mol. The zero-order valence-electron chi connectivity index (χ0n) is 16.1. The number of anilines is 1. The van der Waals surface area contributed by atoms with Crippen molar-refractivity contribution in [3.05, 3.63) is 58.7 Å². The van der Waals surface area contributed by atoms with Crippen LogP contribution in [0.25, 0.3) is 0 Å². The summed E-state index contributed by atoms with van der Waals surface area (Å²) in [7, 11) is 0. The number of rotatable bonds is 5. The minimum absolute atomic E-state index is 0.125. The average molecular weight is 352 g/mol. The first-order valence-corrected chi connectivity index (χ1v) is 9.35. The van der Waals surface area contributed by atoms with Gasteiger partial charge in [0.2, 0.25) is 0 Å². The van der Waals surface area contributed by atoms with Crippen LogP contribution in [0, 0.1) is 6.92 Å². The number of nitrogens with one attached hydrogen (secondary N) is 2. The van der Waals surface area contributed by atoms with Gasteiger partial charge in [-0.3, -0.25) is 4.79 Å². The van der Waals surface area contributed by atoms with Crippen LogP contribution >= 0.6 is 0 Å². The molecule has 0 spiro atoms. The van der Waals surface area contributed by atoms with E-state index in [-0.39, 0.29) is 5.91 Å². The molecule has 1 unspecified atom stereocenters. The summed E-state index contributed by atoms with van der Waals surface area (Å²) in [4.78, 5) is 12.7. The van der Waals surface area contributed by atoms with Crippen molar-refractivity contribution in [1.29, 1.82) is 0 Å². The van der Waals surface area contributed by atoms with Crippen molar-refractivity contribution >= 4 is 11.6 Å². The number of ether oxygens (including phenoxy) is 1. The molecule has 1 amide bonds. The Hall–Kier alpha value is -2.33. The Balaban J connectivity index is 1.74. The van der Waals surface area contributed by atoms with E-state index in [0.717, 1.165) is 42.1 Å². The molecule has 1 aliphatic heterocycles. The molecule has 0 bridgehead atoms. The van der Waals surface area contributed by atoms with Gasteiger partial charge >= 0.3 is 0 Å². The van der Waals surface area contributed by atoms with Gasteiger partial charge in [-0.15, -0.1) is 0 Å². The fraction of sp³-hybridized carbons (Fsp3) is 0.409. The maximum Gasteiger partial charge on any atom is 0.265 e. The number of amides is 1. The van der Waals surface area contributed by atoms with E-state index in [1.54, 1.807) is 6.92 Å². The highest BCUT2D eigenvalue weighted by atomic mass is 16.5. The first-order valence-electron chi connectivity index (χ1n) is 9.35. The third kappa shape index (κ3) is 4.07. The molecule has 4 heteroatoms. The number of fused-ring (bicyclic) bond motifs is 1. The second-order valence-corrected chi connectivity index (χ2v) is 7.32. The molecule has 3 rings (SSSR count). The van der Waals surface area contributed by atoms with Crippen LogP contribution in [-0.4, -0.2) is 18.6 Å². The standard InChI is InChI=1S/C22H28N2O2/c1-14(2)18-9-8-15(3)12-21(18)26-16(4)22(25)24-20-7-5-6-17-10-11-23-13-19(17)20/h5-9,12,14,16,23H,10-11,13H2,1-4H3,(H,24,25). The molecular formula is C22H28N2O2. The van der Waals surface area contributed by atoms with Gasteiger partial charge in [0, 0.05) is 12.2 Å². The summed E-state index contributed by atoms with van der Waals surface area (Å²) in [6.07, 6.45) is 0.424. The van der Waals surface area contributed by atoms with Crippen LogP contribution < -0.4 is 15.4 Å². The molecule has 0 radical (unpaired) electrons. The lowest BCUT2D eigenvalue weighted by Gasteiger charge is -2.23. The highest BCUT2D eigenvalue weighted by molar-refractivity contribution is 5.95. The molecule has 1 aliphatic rings. The van der Waals surface area contributed by atoms with E-state index >= 15 is 0 Å². The summed E-state index contributed by atoms with van der Waals surface area (Å²) in [6.45, 7) is 9.86.